The number of likely N-dealkylation sites (tertiary alicyclic amines) is 1. The van der Waals surface area contributed by atoms with Crippen LogP contribution in [0.2, 0.25) is 5.02 Å². The van der Waals surface area contributed by atoms with Gasteiger partial charge in [0.25, 0.3) is 0 Å². The molecule has 5 nitrogen and oxygen atoms in total. The molecule has 148 valence electrons. The molecule has 0 unspecified atom stereocenters. The molecule has 0 bridgehead atoms. The van der Waals surface area contributed by atoms with E-state index in [1.807, 2.05) is 32.9 Å². The summed E-state index contributed by atoms with van der Waals surface area (Å²) in [5.74, 6) is 0.698. The van der Waals surface area contributed by atoms with Crippen molar-refractivity contribution in [2.75, 3.05) is 13.1 Å². The molecule has 3 rings (SSSR count). The fourth-order valence-corrected chi connectivity index (χ4v) is 4.39. The lowest BCUT2D eigenvalue weighted by Crippen LogP contribution is -2.35. The molecule has 0 N–H and O–H groups in total. The third-order valence-corrected chi connectivity index (χ3v) is 5.97. The quantitative estimate of drug-likeness (QED) is 0.618. The van der Waals surface area contributed by atoms with Gasteiger partial charge < -0.3 is 14.1 Å². The summed E-state index contributed by atoms with van der Waals surface area (Å²) >= 11 is 8.13. The van der Waals surface area contributed by atoms with Crippen LogP contribution in [-0.2, 0) is 10.2 Å². The SMILES string of the molecule is CC(C)(C)OC(=O)N1CC[C@@H](Sc2c(Cl)ccc3nc(C(C)(C)C)oc23)C1. The Bertz CT molecular complexity index is 851. The minimum absolute atomic E-state index is 0.172. The maximum atomic E-state index is 12.3. The van der Waals surface area contributed by atoms with Crippen molar-refractivity contribution in [3.63, 3.8) is 0 Å². The predicted molar refractivity (Wildman–Crippen MR) is 110 cm³/mol. The first-order valence-corrected chi connectivity index (χ1v) is 10.4. The lowest BCUT2D eigenvalue weighted by molar-refractivity contribution is 0.0295. The van der Waals surface area contributed by atoms with Crippen LogP contribution in [0.5, 0.6) is 0 Å². The van der Waals surface area contributed by atoms with Gasteiger partial charge in [0.05, 0.1) is 9.92 Å². The number of nitrogens with zero attached hydrogens (tertiary/aromatic N) is 2. The van der Waals surface area contributed by atoms with Crippen molar-refractivity contribution in [3.05, 3.63) is 23.0 Å². The van der Waals surface area contributed by atoms with Crippen LogP contribution < -0.4 is 0 Å². The molecule has 1 aliphatic heterocycles. The molecular weight excluding hydrogens is 384 g/mol. The molecule has 1 saturated heterocycles. The zero-order valence-corrected chi connectivity index (χ0v) is 18.3. The Morgan fingerprint density at radius 3 is 2.63 bits per heavy atom. The van der Waals surface area contributed by atoms with Gasteiger partial charge in [-0.25, -0.2) is 9.78 Å². The number of halogens is 1. The number of benzene rings is 1. The number of ether oxygens (including phenoxy) is 1. The average Bonchev–Trinajstić information content (AvgIpc) is 3.14. The predicted octanol–water partition coefficient (Wildman–Crippen LogP) is 5.88. The molecule has 0 spiro atoms. The second-order valence-electron chi connectivity index (χ2n) is 8.95. The summed E-state index contributed by atoms with van der Waals surface area (Å²) in [7, 11) is 0. The largest absolute Gasteiger partial charge is 0.444 e. The van der Waals surface area contributed by atoms with Crippen molar-refractivity contribution in [2.45, 2.75) is 69.1 Å². The highest BCUT2D eigenvalue weighted by molar-refractivity contribution is 8.00. The number of fused-ring (bicyclic) bond motifs is 1. The number of rotatable bonds is 2. The molecule has 0 radical (unpaired) electrons. The molecule has 0 saturated carbocycles. The van der Waals surface area contributed by atoms with Crippen LogP contribution in [0.3, 0.4) is 0 Å². The Kier molecular flexibility index (Phi) is 5.43. The smallest absolute Gasteiger partial charge is 0.410 e. The van der Waals surface area contributed by atoms with Crippen molar-refractivity contribution >= 4 is 40.6 Å². The molecule has 2 heterocycles. The zero-order chi connectivity index (χ0) is 20.0. The van der Waals surface area contributed by atoms with E-state index in [9.17, 15) is 4.79 Å². The van der Waals surface area contributed by atoms with Crippen LogP contribution >= 0.6 is 23.4 Å². The lowest BCUT2D eigenvalue weighted by atomic mass is 9.97. The molecule has 1 atom stereocenters. The minimum Gasteiger partial charge on any atom is -0.444 e. The van der Waals surface area contributed by atoms with E-state index in [0.717, 1.165) is 22.4 Å². The normalized spacial score (nSPS) is 18.3. The molecule has 1 aromatic heterocycles. The monoisotopic (exact) mass is 410 g/mol. The maximum absolute atomic E-state index is 12.3. The minimum atomic E-state index is -0.486. The first-order valence-electron chi connectivity index (χ1n) is 9.18. The Balaban J connectivity index is 1.78. The number of carbonyl (C=O) groups excluding carboxylic acids is 1. The van der Waals surface area contributed by atoms with E-state index >= 15 is 0 Å². The van der Waals surface area contributed by atoms with Gasteiger partial charge in [0.2, 0.25) is 5.89 Å². The third kappa shape index (κ3) is 4.72. The van der Waals surface area contributed by atoms with Crippen molar-refractivity contribution in [2.24, 2.45) is 0 Å². The molecular formula is C20H27ClN2O3S. The van der Waals surface area contributed by atoms with Crippen LogP contribution in [0.15, 0.2) is 21.4 Å². The second kappa shape index (κ2) is 7.21. The van der Waals surface area contributed by atoms with Gasteiger partial charge in [0.15, 0.2) is 5.58 Å². The Morgan fingerprint density at radius 2 is 2.00 bits per heavy atom. The number of hydrogen-bond acceptors (Lipinski definition) is 5. The summed E-state index contributed by atoms with van der Waals surface area (Å²) in [4.78, 5) is 19.6. The van der Waals surface area contributed by atoms with E-state index in [0.29, 0.717) is 24.0 Å². The number of aromatic nitrogens is 1. The summed E-state index contributed by atoms with van der Waals surface area (Å²) in [5.41, 5.74) is 0.885. The number of carbonyl (C=O) groups is 1. The van der Waals surface area contributed by atoms with Gasteiger partial charge in [0, 0.05) is 23.8 Å². The van der Waals surface area contributed by atoms with Crippen molar-refractivity contribution < 1.29 is 13.9 Å². The van der Waals surface area contributed by atoms with Crippen LogP contribution in [0.25, 0.3) is 11.1 Å². The molecule has 1 amide bonds. The number of thioether (sulfide) groups is 1. The van der Waals surface area contributed by atoms with Crippen molar-refractivity contribution in [3.8, 4) is 0 Å². The Hall–Kier alpha value is -1.40. The van der Waals surface area contributed by atoms with Crippen LogP contribution in [0.1, 0.15) is 53.9 Å². The van der Waals surface area contributed by atoms with Gasteiger partial charge in [-0.1, -0.05) is 32.4 Å². The second-order valence-corrected chi connectivity index (χ2v) is 10.7. The fraction of sp³-hybridized carbons (Fsp3) is 0.600. The molecule has 7 heteroatoms. The molecule has 0 aliphatic carbocycles. The van der Waals surface area contributed by atoms with Gasteiger partial charge in [-0.15, -0.1) is 11.8 Å². The van der Waals surface area contributed by atoms with Gasteiger partial charge in [-0.2, -0.15) is 0 Å². The van der Waals surface area contributed by atoms with E-state index in [4.69, 9.17) is 20.8 Å². The maximum Gasteiger partial charge on any atom is 0.410 e. The number of hydrogen-bond donors (Lipinski definition) is 0. The molecule has 1 aromatic carbocycles. The van der Waals surface area contributed by atoms with Crippen molar-refractivity contribution in [1.82, 2.24) is 9.88 Å². The molecule has 2 aromatic rings. The van der Waals surface area contributed by atoms with E-state index in [1.165, 1.54) is 0 Å². The third-order valence-electron chi connectivity index (χ3n) is 4.19. The Morgan fingerprint density at radius 1 is 1.30 bits per heavy atom. The van der Waals surface area contributed by atoms with Gasteiger partial charge >= 0.3 is 6.09 Å². The summed E-state index contributed by atoms with van der Waals surface area (Å²) in [5, 5.41) is 0.892. The van der Waals surface area contributed by atoms with Gasteiger partial charge in [-0.3, -0.25) is 0 Å². The number of oxazole rings is 1. The van der Waals surface area contributed by atoms with Crippen LogP contribution in [0.4, 0.5) is 4.79 Å². The summed E-state index contributed by atoms with van der Waals surface area (Å²) in [6.07, 6.45) is 0.626. The zero-order valence-electron chi connectivity index (χ0n) is 16.8. The van der Waals surface area contributed by atoms with E-state index in [1.54, 1.807) is 16.7 Å². The van der Waals surface area contributed by atoms with Crippen molar-refractivity contribution in [1.29, 1.82) is 0 Å². The van der Waals surface area contributed by atoms with Crippen LogP contribution in [-0.4, -0.2) is 39.9 Å². The van der Waals surface area contributed by atoms with Crippen LogP contribution in [0, 0.1) is 0 Å². The van der Waals surface area contributed by atoms with E-state index in [-0.39, 0.29) is 16.8 Å². The van der Waals surface area contributed by atoms with E-state index < -0.39 is 5.60 Å². The average molecular weight is 411 g/mol. The number of amides is 1. The summed E-state index contributed by atoms with van der Waals surface area (Å²) in [6.45, 7) is 13.2. The first kappa shape index (κ1) is 20.3. The highest BCUT2D eigenvalue weighted by Gasteiger charge is 2.32. The van der Waals surface area contributed by atoms with Gasteiger partial charge in [-0.05, 0) is 39.3 Å². The van der Waals surface area contributed by atoms with E-state index in [2.05, 4.69) is 25.8 Å². The summed E-state index contributed by atoms with van der Waals surface area (Å²) in [6, 6.07) is 3.75. The first-order chi connectivity index (χ1) is 12.4. The summed E-state index contributed by atoms with van der Waals surface area (Å²) < 4.78 is 11.6. The van der Waals surface area contributed by atoms with Gasteiger partial charge in [0.1, 0.15) is 11.1 Å². The lowest BCUT2D eigenvalue weighted by Gasteiger charge is -2.24. The molecule has 1 fully saturated rings. The standard InChI is InChI=1S/C20H27ClN2O3S/c1-19(2,3)17-22-14-8-7-13(21)16(15(14)25-17)27-12-9-10-23(11-12)18(24)26-20(4,5)6/h7-8,12H,9-11H2,1-6H3/t12-/m1/s1. The highest BCUT2D eigenvalue weighted by atomic mass is 35.5. The molecule has 1 aliphatic rings. The highest BCUT2D eigenvalue weighted by Crippen LogP contribution is 2.41. The fourth-order valence-electron chi connectivity index (χ4n) is 2.86. The Labute approximate surface area is 169 Å². The molecule has 27 heavy (non-hydrogen) atoms. The topological polar surface area (TPSA) is 55.6 Å².